The van der Waals surface area contributed by atoms with Crippen LogP contribution in [-0.2, 0) is 16.1 Å². The van der Waals surface area contributed by atoms with Crippen molar-refractivity contribution in [3.05, 3.63) is 36.2 Å². The molecule has 0 aliphatic heterocycles. The Hall–Kier alpha value is -2.01. The number of carbonyl (C=O) groups is 1. The van der Waals surface area contributed by atoms with Crippen LogP contribution >= 0.6 is 0 Å². The molecule has 2 aromatic heterocycles. The molecule has 0 atom stereocenters. The highest BCUT2D eigenvalue weighted by Crippen LogP contribution is 2.23. The number of carbonyl (C=O) groups excluding carboxylic acids is 1. The Morgan fingerprint density at radius 3 is 2.85 bits per heavy atom. The molecule has 0 unspecified atom stereocenters. The maximum absolute atomic E-state index is 10.9. The van der Waals surface area contributed by atoms with Gasteiger partial charge in [-0.1, -0.05) is 6.07 Å². The summed E-state index contributed by atoms with van der Waals surface area (Å²) >= 11 is 0. The Balaban J connectivity index is 2.27. The molecule has 0 spiro atoms. The summed E-state index contributed by atoms with van der Waals surface area (Å²) < 4.78 is 7.33. The van der Waals surface area contributed by atoms with E-state index in [-0.39, 0.29) is 18.4 Å². The molecule has 5 heteroatoms. The fraction of sp³-hybridized carbons (Fsp3) is 0.400. The topological polar surface area (TPSA) is 57.0 Å². The number of hydrogen-bond donors (Lipinski definition) is 0. The molecular weight excluding hydrogens is 254 g/mol. The fourth-order valence-electron chi connectivity index (χ4n) is 2.00. The van der Waals surface area contributed by atoms with Gasteiger partial charge in [0.2, 0.25) is 0 Å². The molecule has 0 fully saturated rings. The summed E-state index contributed by atoms with van der Waals surface area (Å²) in [6.45, 7) is 6.15. The minimum atomic E-state index is 0.0164. The largest absolute Gasteiger partial charge is 0.369 e. The molecule has 0 N–H and O–H groups in total. The second-order valence-corrected chi connectivity index (χ2v) is 4.96. The first-order valence-corrected chi connectivity index (χ1v) is 6.64. The lowest BCUT2D eigenvalue weighted by atomic mass is 10.1. The molecule has 0 aliphatic carbocycles. The van der Waals surface area contributed by atoms with Crippen LogP contribution in [0.4, 0.5) is 0 Å². The van der Waals surface area contributed by atoms with E-state index in [4.69, 9.17) is 4.74 Å². The van der Waals surface area contributed by atoms with Gasteiger partial charge in [-0.15, -0.1) is 0 Å². The Morgan fingerprint density at radius 2 is 2.15 bits per heavy atom. The van der Waals surface area contributed by atoms with Crippen LogP contribution in [0.1, 0.15) is 32.4 Å². The molecule has 0 radical (unpaired) electrons. The van der Waals surface area contributed by atoms with Crippen molar-refractivity contribution in [2.45, 2.75) is 33.4 Å². The molecule has 2 heterocycles. The van der Waals surface area contributed by atoms with E-state index < -0.39 is 0 Å². The van der Waals surface area contributed by atoms with Crippen molar-refractivity contribution in [3.63, 3.8) is 0 Å². The third-order valence-corrected chi connectivity index (χ3v) is 2.86. The van der Waals surface area contributed by atoms with E-state index in [9.17, 15) is 4.79 Å². The van der Waals surface area contributed by atoms with E-state index in [1.165, 1.54) is 6.92 Å². The number of aromatic nitrogens is 3. The predicted molar refractivity (Wildman–Crippen MR) is 76.2 cm³/mol. The summed E-state index contributed by atoms with van der Waals surface area (Å²) in [4.78, 5) is 15.4. The van der Waals surface area contributed by atoms with E-state index >= 15 is 0 Å². The van der Waals surface area contributed by atoms with Gasteiger partial charge in [-0.2, -0.15) is 5.10 Å². The SMILES string of the molecule is CC(=O)COCc1cccnc1-c1ccnn1C(C)C. The molecule has 2 rings (SSSR count). The first-order valence-electron chi connectivity index (χ1n) is 6.64. The van der Waals surface area contributed by atoms with Gasteiger partial charge < -0.3 is 4.74 Å². The van der Waals surface area contributed by atoms with E-state index in [0.29, 0.717) is 6.61 Å². The van der Waals surface area contributed by atoms with Gasteiger partial charge in [-0.25, -0.2) is 0 Å². The Labute approximate surface area is 118 Å². The molecule has 0 aromatic carbocycles. The molecule has 2 aromatic rings. The Bertz CT molecular complexity index is 590. The van der Waals surface area contributed by atoms with Gasteiger partial charge in [0.05, 0.1) is 18.0 Å². The third kappa shape index (κ3) is 3.30. The van der Waals surface area contributed by atoms with Gasteiger partial charge in [-0.05, 0) is 32.9 Å². The average Bonchev–Trinajstić information content (AvgIpc) is 2.88. The first-order chi connectivity index (χ1) is 9.59. The zero-order valence-corrected chi connectivity index (χ0v) is 12.0. The van der Waals surface area contributed by atoms with E-state index in [1.54, 1.807) is 12.4 Å². The number of ether oxygens (including phenoxy) is 1. The highest BCUT2D eigenvalue weighted by atomic mass is 16.5. The summed E-state index contributed by atoms with van der Waals surface area (Å²) in [7, 11) is 0. The normalized spacial score (nSPS) is 11.0. The standard InChI is InChI=1S/C15H19N3O2/c1-11(2)18-14(6-8-17-18)15-13(5-4-7-16-15)10-20-9-12(3)19/h4-8,11H,9-10H2,1-3H3. The van der Waals surface area contributed by atoms with Crippen molar-refractivity contribution in [3.8, 4) is 11.4 Å². The minimum absolute atomic E-state index is 0.0164. The minimum Gasteiger partial charge on any atom is -0.369 e. The number of hydrogen-bond acceptors (Lipinski definition) is 4. The van der Waals surface area contributed by atoms with Crippen molar-refractivity contribution in [2.75, 3.05) is 6.61 Å². The number of Topliss-reactive ketones (excluding diaryl/α,β-unsaturated/α-hetero) is 1. The molecule has 0 saturated carbocycles. The molecule has 0 amide bonds. The van der Waals surface area contributed by atoms with Crippen LogP contribution in [0, 0.1) is 0 Å². The summed E-state index contributed by atoms with van der Waals surface area (Å²) in [5.74, 6) is 0.0164. The highest BCUT2D eigenvalue weighted by molar-refractivity contribution is 5.76. The van der Waals surface area contributed by atoms with Gasteiger partial charge in [0.25, 0.3) is 0 Å². The zero-order chi connectivity index (χ0) is 14.5. The Kier molecular flexibility index (Phi) is 4.63. The van der Waals surface area contributed by atoms with Crippen molar-refractivity contribution in [2.24, 2.45) is 0 Å². The van der Waals surface area contributed by atoms with E-state index in [1.807, 2.05) is 22.9 Å². The summed E-state index contributed by atoms with van der Waals surface area (Å²) in [5.41, 5.74) is 2.76. The predicted octanol–water partition coefficient (Wildman–Crippen LogP) is 2.63. The lowest BCUT2D eigenvalue weighted by Crippen LogP contribution is -2.08. The smallest absolute Gasteiger partial charge is 0.155 e. The quantitative estimate of drug-likeness (QED) is 0.812. The maximum atomic E-state index is 10.9. The Morgan fingerprint density at radius 1 is 1.35 bits per heavy atom. The van der Waals surface area contributed by atoms with Crippen LogP contribution in [0.3, 0.4) is 0 Å². The second kappa shape index (κ2) is 6.43. The lowest BCUT2D eigenvalue weighted by molar-refractivity contribution is -0.121. The number of pyridine rings is 1. The summed E-state index contributed by atoms with van der Waals surface area (Å²) in [5, 5.41) is 4.32. The van der Waals surface area contributed by atoms with Crippen molar-refractivity contribution in [1.82, 2.24) is 14.8 Å². The van der Waals surface area contributed by atoms with E-state index in [2.05, 4.69) is 23.9 Å². The third-order valence-electron chi connectivity index (χ3n) is 2.86. The summed E-state index contributed by atoms with van der Waals surface area (Å²) in [6.07, 6.45) is 3.52. The van der Waals surface area contributed by atoms with Crippen LogP contribution in [-0.4, -0.2) is 27.2 Å². The van der Waals surface area contributed by atoms with Crippen LogP contribution < -0.4 is 0 Å². The lowest BCUT2D eigenvalue weighted by Gasteiger charge is -2.13. The van der Waals surface area contributed by atoms with Crippen LogP contribution in [0.15, 0.2) is 30.6 Å². The fourth-order valence-corrected chi connectivity index (χ4v) is 2.00. The molecule has 5 nitrogen and oxygen atoms in total. The number of ketones is 1. The number of rotatable bonds is 6. The van der Waals surface area contributed by atoms with E-state index in [0.717, 1.165) is 17.0 Å². The van der Waals surface area contributed by atoms with Crippen molar-refractivity contribution < 1.29 is 9.53 Å². The summed E-state index contributed by atoms with van der Waals surface area (Å²) in [6, 6.07) is 6.02. The van der Waals surface area contributed by atoms with Crippen LogP contribution in [0.5, 0.6) is 0 Å². The molecule has 106 valence electrons. The number of nitrogens with zero attached hydrogens (tertiary/aromatic N) is 3. The first kappa shape index (κ1) is 14.4. The van der Waals surface area contributed by atoms with Gasteiger partial charge in [0.1, 0.15) is 6.61 Å². The average molecular weight is 273 g/mol. The highest BCUT2D eigenvalue weighted by Gasteiger charge is 2.13. The maximum Gasteiger partial charge on any atom is 0.155 e. The second-order valence-electron chi connectivity index (χ2n) is 4.96. The van der Waals surface area contributed by atoms with Crippen molar-refractivity contribution >= 4 is 5.78 Å². The van der Waals surface area contributed by atoms with Gasteiger partial charge in [-0.3, -0.25) is 14.5 Å². The van der Waals surface area contributed by atoms with Gasteiger partial charge in [0, 0.05) is 24.0 Å². The van der Waals surface area contributed by atoms with Gasteiger partial charge in [0.15, 0.2) is 5.78 Å². The van der Waals surface area contributed by atoms with Gasteiger partial charge >= 0.3 is 0 Å². The molecule has 0 saturated heterocycles. The monoisotopic (exact) mass is 273 g/mol. The zero-order valence-electron chi connectivity index (χ0n) is 12.0. The van der Waals surface area contributed by atoms with Crippen LogP contribution in [0.25, 0.3) is 11.4 Å². The molecule has 20 heavy (non-hydrogen) atoms. The van der Waals surface area contributed by atoms with Crippen LogP contribution in [0.2, 0.25) is 0 Å². The molecular formula is C15H19N3O2. The molecule has 0 aliphatic rings. The van der Waals surface area contributed by atoms with Crippen molar-refractivity contribution in [1.29, 1.82) is 0 Å². The molecule has 0 bridgehead atoms.